The van der Waals surface area contributed by atoms with Gasteiger partial charge in [-0.05, 0) is 51.2 Å². The molecule has 0 aliphatic heterocycles. The number of anilines is 1. The molecule has 0 unspecified atom stereocenters. The van der Waals surface area contributed by atoms with Crippen LogP contribution in [-0.2, 0) is 11.2 Å². The third-order valence-electron chi connectivity index (χ3n) is 4.23. The van der Waals surface area contributed by atoms with Crippen molar-refractivity contribution in [2.24, 2.45) is 0 Å². The topological polar surface area (TPSA) is 29.1 Å². The summed E-state index contributed by atoms with van der Waals surface area (Å²) >= 11 is 3.56. The summed E-state index contributed by atoms with van der Waals surface area (Å²) < 4.78 is 0.903. The van der Waals surface area contributed by atoms with Gasteiger partial charge in [0.05, 0.1) is 11.6 Å². The quantitative estimate of drug-likeness (QED) is 0.584. The highest BCUT2D eigenvalue weighted by atomic mass is 79.9. The van der Waals surface area contributed by atoms with Gasteiger partial charge in [0, 0.05) is 4.47 Å². The minimum Gasteiger partial charge on any atom is -0.324 e. The van der Waals surface area contributed by atoms with Crippen LogP contribution in [0.25, 0.3) is 0 Å². The Labute approximate surface area is 157 Å². The number of aryl methyl sites for hydroxylation is 1. The lowest BCUT2D eigenvalue weighted by Gasteiger charge is -2.18. The molecule has 3 rings (SSSR count). The smallest absolute Gasteiger partial charge is 0.236 e. The summed E-state index contributed by atoms with van der Waals surface area (Å²) in [5, 5.41) is 3.07. The first-order chi connectivity index (χ1) is 12.2. The Balaban J connectivity index is 1.93. The van der Waals surface area contributed by atoms with Crippen LogP contribution < -0.4 is 5.32 Å². The van der Waals surface area contributed by atoms with Gasteiger partial charge in [0.25, 0.3) is 0 Å². The van der Waals surface area contributed by atoms with Gasteiger partial charge < -0.3 is 5.32 Å². The maximum absolute atomic E-state index is 13.1. The van der Waals surface area contributed by atoms with Gasteiger partial charge in [0.15, 0.2) is 0 Å². The van der Waals surface area contributed by atoms with E-state index in [1.54, 1.807) is 0 Å². The van der Waals surface area contributed by atoms with E-state index >= 15 is 0 Å². The Morgan fingerprint density at radius 1 is 0.920 bits per heavy atom. The molecule has 0 aromatic heterocycles. The molecule has 0 aliphatic rings. The van der Waals surface area contributed by atoms with Gasteiger partial charge in [-0.3, -0.25) is 4.79 Å². The van der Waals surface area contributed by atoms with Crippen LogP contribution in [0.2, 0.25) is 0 Å². The number of carbonyl (C=O) groups excluding carboxylic acids is 1. The zero-order chi connectivity index (χ0) is 17.6. The lowest BCUT2D eigenvalue weighted by Crippen LogP contribution is -2.22. The van der Waals surface area contributed by atoms with Crippen molar-refractivity contribution < 1.29 is 4.79 Å². The van der Waals surface area contributed by atoms with E-state index in [9.17, 15) is 4.79 Å². The minimum atomic E-state index is -0.347. The van der Waals surface area contributed by atoms with Crippen molar-refractivity contribution in [2.45, 2.75) is 19.3 Å². The zero-order valence-corrected chi connectivity index (χ0v) is 15.7. The average molecular weight is 394 g/mol. The summed E-state index contributed by atoms with van der Waals surface area (Å²) in [6.45, 7) is 2.11. The highest BCUT2D eigenvalue weighted by Crippen LogP contribution is 2.29. The van der Waals surface area contributed by atoms with Crippen molar-refractivity contribution in [3.8, 4) is 0 Å². The molecule has 126 valence electrons. The van der Waals surface area contributed by atoms with Crippen molar-refractivity contribution >= 4 is 27.5 Å². The predicted octanol–water partition coefficient (Wildman–Crippen LogP) is 5.78. The summed E-state index contributed by atoms with van der Waals surface area (Å²) in [6.07, 6.45) is 0.962. The fraction of sp³-hybridized carbons (Fsp3) is 0.136. The molecule has 1 amide bonds. The Bertz CT molecular complexity index is 807. The van der Waals surface area contributed by atoms with Crippen molar-refractivity contribution in [2.75, 3.05) is 5.32 Å². The number of amides is 1. The van der Waals surface area contributed by atoms with Crippen LogP contribution >= 0.6 is 15.9 Å². The molecule has 0 fully saturated rings. The molecule has 0 spiro atoms. The van der Waals surface area contributed by atoms with Crippen LogP contribution in [-0.4, -0.2) is 5.91 Å². The molecule has 0 aliphatic carbocycles. The Kier molecular flexibility index (Phi) is 5.67. The minimum absolute atomic E-state index is 0.0395. The maximum Gasteiger partial charge on any atom is 0.236 e. The molecule has 0 heterocycles. The molecule has 3 heteroatoms. The molecule has 0 saturated carbocycles. The van der Waals surface area contributed by atoms with E-state index in [1.165, 1.54) is 5.56 Å². The summed E-state index contributed by atoms with van der Waals surface area (Å²) in [6, 6.07) is 25.8. The normalized spacial score (nSPS) is 10.7. The van der Waals surface area contributed by atoms with Crippen LogP contribution in [0, 0.1) is 0 Å². The highest BCUT2D eigenvalue weighted by molar-refractivity contribution is 9.10. The van der Waals surface area contributed by atoms with Gasteiger partial charge in [-0.2, -0.15) is 0 Å². The van der Waals surface area contributed by atoms with E-state index in [4.69, 9.17) is 0 Å². The predicted molar refractivity (Wildman–Crippen MR) is 107 cm³/mol. The largest absolute Gasteiger partial charge is 0.324 e. The molecule has 3 aromatic rings. The van der Waals surface area contributed by atoms with Gasteiger partial charge in [0.2, 0.25) is 5.91 Å². The van der Waals surface area contributed by atoms with Crippen molar-refractivity contribution in [3.63, 3.8) is 0 Å². The Morgan fingerprint density at radius 3 is 1.96 bits per heavy atom. The second-order valence-electron chi connectivity index (χ2n) is 5.91. The number of hydrogen-bond acceptors (Lipinski definition) is 1. The van der Waals surface area contributed by atoms with Crippen LogP contribution in [0.15, 0.2) is 83.3 Å². The van der Waals surface area contributed by atoms with Crippen LogP contribution in [0.1, 0.15) is 29.5 Å². The van der Waals surface area contributed by atoms with E-state index < -0.39 is 0 Å². The third kappa shape index (κ3) is 4.18. The molecule has 1 N–H and O–H groups in total. The van der Waals surface area contributed by atoms with Gasteiger partial charge in [0.1, 0.15) is 0 Å². The first-order valence-electron chi connectivity index (χ1n) is 8.38. The van der Waals surface area contributed by atoms with Gasteiger partial charge in [-0.25, -0.2) is 0 Å². The van der Waals surface area contributed by atoms with E-state index in [0.29, 0.717) is 0 Å². The summed E-state index contributed by atoms with van der Waals surface area (Å²) in [5.41, 5.74) is 3.98. The molecule has 0 bridgehead atoms. The summed E-state index contributed by atoms with van der Waals surface area (Å²) in [5.74, 6) is -0.387. The summed E-state index contributed by atoms with van der Waals surface area (Å²) in [4.78, 5) is 13.1. The van der Waals surface area contributed by atoms with Gasteiger partial charge in [-0.1, -0.05) is 73.7 Å². The number of benzene rings is 3. The van der Waals surface area contributed by atoms with Crippen LogP contribution in [0.4, 0.5) is 5.69 Å². The number of nitrogens with one attached hydrogen (secondary N) is 1. The second-order valence-corrected chi connectivity index (χ2v) is 6.77. The molecular weight excluding hydrogens is 374 g/mol. The average Bonchev–Trinajstić information content (AvgIpc) is 2.65. The van der Waals surface area contributed by atoms with Crippen molar-refractivity contribution in [1.29, 1.82) is 0 Å². The fourth-order valence-electron chi connectivity index (χ4n) is 2.87. The van der Waals surface area contributed by atoms with E-state index in [1.807, 2.05) is 72.8 Å². The fourth-order valence-corrected chi connectivity index (χ4v) is 3.40. The van der Waals surface area contributed by atoms with Crippen molar-refractivity contribution in [1.82, 2.24) is 0 Å². The molecule has 0 radical (unpaired) electrons. The Hall–Kier alpha value is -2.39. The lowest BCUT2D eigenvalue weighted by molar-refractivity contribution is -0.116. The lowest BCUT2D eigenvalue weighted by atomic mass is 9.90. The SMILES string of the molecule is CCc1ccc(NC(=O)C(c2ccccc2)c2ccccc2)c(Br)c1. The van der Waals surface area contributed by atoms with Crippen LogP contribution in [0.3, 0.4) is 0 Å². The standard InChI is InChI=1S/C22H20BrNO/c1-2-16-13-14-20(19(23)15-16)24-22(25)21(17-9-5-3-6-10-17)18-11-7-4-8-12-18/h3-15,21H,2H2,1H3,(H,24,25). The number of rotatable bonds is 5. The maximum atomic E-state index is 13.1. The number of halogens is 1. The van der Waals surface area contributed by atoms with Gasteiger partial charge >= 0.3 is 0 Å². The highest BCUT2D eigenvalue weighted by Gasteiger charge is 2.23. The van der Waals surface area contributed by atoms with E-state index in [-0.39, 0.29) is 11.8 Å². The van der Waals surface area contributed by atoms with E-state index in [0.717, 1.165) is 27.7 Å². The molecule has 25 heavy (non-hydrogen) atoms. The monoisotopic (exact) mass is 393 g/mol. The molecule has 0 saturated heterocycles. The first kappa shape index (κ1) is 17.4. The molecular formula is C22H20BrNO. The molecule has 3 aromatic carbocycles. The molecule has 2 nitrogen and oxygen atoms in total. The van der Waals surface area contributed by atoms with Gasteiger partial charge in [-0.15, -0.1) is 0 Å². The van der Waals surface area contributed by atoms with Crippen LogP contribution in [0.5, 0.6) is 0 Å². The summed E-state index contributed by atoms with van der Waals surface area (Å²) in [7, 11) is 0. The van der Waals surface area contributed by atoms with E-state index in [2.05, 4.69) is 34.2 Å². The number of hydrogen-bond donors (Lipinski definition) is 1. The molecule has 0 atom stereocenters. The zero-order valence-electron chi connectivity index (χ0n) is 14.1. The Morgan fingerprint density at radius 2 is 1.48 bits per heavy atom. The number of carbonyl (C=O) groups is 1. The van der Waals surface area contributed by atoms with Crippen molar-refractivity contribution in [3.05, 3.63) is 100 Å². The second kappa shape index (κ2) is 8.13. The third-order valence-corrected chi connectivity index (χ3v) is 4.88. The first-order valence-corrected chi connectivity index (χ1v) is 9.17.